The highest BCUT2D eigenvalue weighted by molar-refractivity contribution is 6.30. The van der Waals surface area contributed by atoms with Crippen molar-refractivity contribution < 1.29 is 0 Å². The molecule has 3 unspecified atom stereocenters. The number of halogens is 1. The van der Waals surface area contributed by atoms with Crippen LogP contribution in [0.1, 0.15) is 56.5 Å². The van der Waals surface area contributed by atoms with Crippen LogP contribution in [0.15, 0.2) is 36.8 Å². The molecule has 0 amide bonds. The Labute approximate surface area is 131 Å². The lowest BCUT2D eigenvalue weighted by Gasteiger charge is -2.30. The van der Waals surface area contributed by atoms with Crippen LogP contribution in [0.3, 0.4) is 0 Å². The van der Waals surface area contributed by atoms with Crippen LogP contribution in [0, 0.1) is 0 Å². The minimum atomic E-state index is 0.236. The highest BCUT2D eigenvalue weighted by Gasteiger charge is 2.23. The minimum Gasteiger partial charge on any atom is -0.326 e. The van der Waals surface area contributed by atoms with Crippen LogP contribution in [-0.4, -0.2) is 15.6 Å². The third-order valence-corrected chi connectivity index (χ3v) is 4.65. The van der Waals surface area contributed by atoms with Gasteiger partial charge in [-0.25, -0.2) is 4.98 Å². The molecule has 4 heteroatoms. The third kappa shape index (κ3) is 3.14. The van der Waals surface area contributed by atoms with Crippen LogP contribution in [-0.2, 0) is 0 Å². The Balaban J connectivity index is 1.88. The number of imidazole rings is 1. The van der Waals surface area contributed by atoms with Crippen LogP contribution in [0.25, 0.3) is 0 Å². The molecule has 0 aliphatic carbocycles. The lowest BCUT2D eigenvalue weighted by atomic mass is 9.97. The van der Waals surface area contributed by atoms with E-state index in [-0.39, 0.29) is 6.04 Å². The Hall–Kier alpha value is -1.32. The van der Waals surface area contributed by atoms with Crippen molar-refractivity contribution in [3.05, 3.63) is 53.1 Å². The van der Waals surface area contributed by atoms with Crippen LogP contribution in [0.2, 0.25) is 5.02 Å². The van der Waals surface area contributed by atoms with Gasteiger partial charge >= 0.3 is 0 Å². The molecular formula is C17H22ClN3. The zero-order valence-electron chi connectivity index (χ0n) is 12.6. The summed E-state index contributed by atoms with van der Waals surface area (Å²) in [4.78, 5) is 4.38. The van der Waals surface area contributed by atoms with Crippen molar-refractivity contribution >= 4 is 11.6 Å². The SMILES string of the molecule is CC1CCCC(c2cncn2C(C)c2cccc(Cl)c2)N1. The van der Waals surface area contributed by atoms with Crippen LogP contribution in [0.5, 0.6) is 0 Å². The van der Waals surface area contributed by atoms with Gasteiger partial charge in [0.25, 0.3) is 0 Å². The molecule has 0 spiro atoms. The molecule has 112 valence electrons. The van der Waals surface area contributed by atoms with E-state index in [0.29, 0.717) is 12.1 Å². The van der Waals surface area contributed by atoms with Crippen molar-refractivity contribution in [2.75, 3.05) is 0 Å². The number of piperidine rings is 1. The first kappa shape index (κ1) is 14.6. The molecule has 1 saturated heterocycles. The van der Waals surface area contributed by atoms with Gasteiger partial charge in [-0.1, -0.05) is 23.7 Å². The van der Waals surface area contributed by atoms with E-state index < -0.39 is 0 Å². The van der Waals surface area contributed by atoms with E-state index in [1.165, 1.54) is 30.5 Å². The molecule has 1 N–H and O–H groups in total. The maximum Gasteiger partial charge on any atom is 0.0954 e. The second kappa shape index (κ2) is 6.20. The summed E-state index contributed by atoms with van der Waals surface area (Å²) in [5.74, 6) is 0. The van der Waals surface area contributed by atoms with Crippen molar-refractivity contribution in [1.29, 1.82) is 0 Å². The van der Waals surface area contributed by atoms with Crippen molar-refractivity contribution in [3.8, 4) is 0 Å². The van der Waals surface area contributed by atoms with Crippen molar-refractivity contribution in [3.63, 3.8) is 0 Å². The molecule has 1 aliphatic rings. The fraction of sp³-hybridized carbons (Fsp3) is 0.471. The van der Waals surface area contributed by atoms with Gasteiger partial charge in [0, 0.05) is 23.3 Å². The Morgan fingerprint density at radius 3 is 3.00 bits per heavy atom. The van der Waals surface area contributed by atoms with E-state index in [1.807, 2.05) is 30.7 Å². The summed E-state index contributed by atoms with van der Waals surface area (Å²) in [5.41, 5.74) is 2.49. The van der Waals surface area contributed by atoms with Crippen molar-refractivity contribution in [1.82, 2.24) is 14.9 Å². The molecule has 2 heterocycles. The summed E-state index contributed by atoms with van der Waals surface area (Å²) in [7, 11) is 0. The molecule has 3 atom stereocenters. The lowest BCUT2D eigenvalue weighted by molar-refractivity contribution is 0.327. The summed E-state index contributed by atoms with van der Waals surface area (Å²) in [6, 6.07) is 9.29. The van der Waals surface area contributed by atoms with Crippen LogP contribution < -0.4 is 5.32 Å². The number of hydrogen-bond donors (Lipinski definition) is 1. The van der Waals surface area contributed by atoms with E-state index in [4.69, 9.17) is 11.6 Å². The van der Waals surface area contributed by atoms with Gasteiger partial charge in [0.2, 0.25) is 0 Å². The Morgan fingerprint density at radius 1 is 1.38 bits per heavy atom. The summed E-state index contributed by atoms with van der Waals surface area (Å²) < 4.78 is 2.27. The Morgan fingerprint density at radius 2 is 2.24 bits per heavy atom. The number of hydrogen-bond acceptors (Lipinski definition) is 2. The maximum absolute atomic E-state index is 6.12. The Kier molecular flexibility index (Phi) is 4.32. The average molecular weight is 304 g/mol. The molecule has 1 aromatic heterocycles. The monoisotopic (exact) mass is 303 g/mol. The van der Waals surface area contributed by atoms with Gasteiger partial charge in [0.15, 0.2) is 0 Å². The molecule has 0 bridgehead atoms. The normalized spacial score (nSPS) is 24.0. The highest BCUT2D eigenvalue weighted by atomic mass is 35.5. The molecule has 1 aromatic carbocycles. The summed E-state index contributed by atoms with van der Waals surface area (Å²) >= 11 is 6.12. The first-order valence-electron chi connectivity index (χ1n) is 7.68. The van der Waals surface area contributed by atoms with Crippen molar-refractivity contribution in [2.24, 2.45) is 0 Å². The first-order valence-corrected chi connectivity index (χ1v) is 8.06. The fourth-order valence-corrected chi connectivity index (χ4v) is 3.41. The molecule has 1 fully saturated rings. The summed E-state index contributed by atoms with van der Waals surface area (Å²) in [5, 5.41) is 4.47. The van der Waals surface area contributed by atoms with Gasteiger partial charge in [-0.15, -0.1) is 0 Å². The third-order valence-electron chi connectivity index (χ3n) is 4.42. The zero-order valence-corrected chi connectivity index (χ0v) is 13.3. The van der Waals surface area contributed by atoms with Gasteiger partial charge in [-0.05, 0) is 50.8 Å². The molecule has 0 radical (unpaired) electrons. The van der Waals surface area contributed by atoms with Crippen LogP contribution >= 0.6 is 11.6 Å². The van der Waals surface area contributed by atoms with Crippen LogP contribution in [0.4, 0.5) is 0 Å². The molecular weight excluding hydrogens is 282 g/mol. The molecule has 0 saturated carbocycles. The lowest BCUT2D eigenvalue weighted by Crippen LogP contribution is -2.35. The number of benzene rings is 1. The van der Waals surface area contributed by atoms with E-state index in [9.17, 15) is 0 Å². The second-order valence-corrected chi connectivity index (χ2v) is 6.44. The highest BCUT2D eigenvalue weighted by Crippen LogP contribution is 2.29. The van der Waals surface area contributed by atoms with Crippen molar-refractivity contribution in [2.45, 2.75) is 51.2 Å². The van der Waals surface area contributed by atoms with E-state index >= 15 is 0 Å². The fourth-order valence-electron chi connectivity index (χ4n) is 3.21. The van der Waals surface area contributed by atoms with Gasteiger partial charge in [0.05, 0.1) is 18.1 Å². The molecule has 3 rings (SSSR count). The summed E-state index contributed by atoms with van der Waals surface area (Å²) in [6.45, 7) is 4.45. The summed E-state index contributed by atoms with van der Waals surface area (Å²) in [6.07, 6.45) is 7.64. The molecule has 3 nitrogen and oxygen atoms in total. The Bertz CT molecular complexity index is 608. The average Bonchev–Trinajstić information content (AvgIpc) is 2.96. The number of nitrogens with zero attached hydrogens (tertiary/aromatic N) is 2. The quantitative estimate of drug-likeness (QED) is 0.913. The van der Waals surface area contributed by atoms with Gasteiger partial charge in [-0.3, -0.25) is 0 Å². The van der Waals surface area contributed by atoms with E-state index in [0.717, 1.165) is 5.02 Å². The number of aromatic nitrogens is 2. The minimum absolute atomic E-state index is 0.236. The molecule has 2 aromatic rings. The molecule has 21 heavy (non-hydrogen) atoms. The topological polar surface area (TPSA) is 29.9 Å². The number of nitrogens with one attached hydrogen (secondary N) is 1. The van der Waals surface area contributed by atoms with Gasteiger partial charge in [0.1, 0.15) is 0 Å². The predicted molar refractivity (Wildman–Crippen MR) is 86.7 cm³/mol. The smallest absolute Gasteiger partial charge is 0.0954 e. The van der Waals surface area contributed by atoms with Gasteiger partial charge in [-0.2, -0.15) is 0 Å². The second-order valence-electron chi connectivity index (χ2n) is 6.01. The largest absolute Gasteiger partial charge is 0.326 e. The zero-order chi connectivity index (χ0) is 14.8. The number of rotatable bonds is 3. The van der Waals surface area contributed by atoms with E-state index in [1.54, 1.807) is 0 Å². The van der Waals surface area contributed by atoms with Gasteiger partial charge < -0.3 is 9.88 Å². The predicted octanol–water partition coefficient (Wildman–Crippen LogP) is 4.35. The first-order chi connectivity index (χ1) is 10.1. The van der Waals surface area contributed by atoms with E-state index in [2.05, 4.69) is 34.8 Å². The standard InChI is InChI=1S/C17H22ClN3/c1-12-5-3-8-16(20-12)17-10-19-11-21(17)13(2)14-6-4-7-15(18)9-14/h4,6-7,9-13,16,20H,3,5,8H2,1-2H3. The molecule has 1 aliphatic heterocycles. The maximum atomic E-state index is 6.12.